The number of nitrogens with one attached hydrogen (secondary N) is 1. The Hall–Kier alpha value is -1.59. The van der Waals surface area contributed by atoms with Gasteiger partial charge in [-0.1, -0.05) is 166 Å². The van der Waals surface area contributed by atoms with E-state index < -0.39 is 49.5 Å². The van der Waals surface area contributed by atoms with Crippen LogP contribution in [0.5, 0.6) is 0 Å². The second-order valence-corrected chi connectivity index (χ2v) is 15.1. The van der Waals surface area contributed by atoms with E-state index in [1.165, 1.54) is 116 Å². The molecular formula is C44H81NO8. The zero-order valence-corrected chi connectivity index (χ0v) is 33.8. The van der Waals surface area contributed by atoms with Crippen molar-refractivity contribution in [2.75, 3.05) is 13.2 Å². The first-order valence-electron chi connectivity index (χ1n) is 21.7. The molecule has 9 heteroatoms. The quantitative estimate of drug-likeness (QED) is 0.0279. The molecule has 310 valence electrons. The maximum absolute atomic E-state index is 12.8. The average molecular weight is 752 g/mol. The van der Waals surface area contributed by atoms with Crippen molar-refractivity contribution in [3.8, 4) is 0 Å². The summed E-state index contributed by atoms with van der Waals surface area (Å²) in [5.74, 6) is -0.196. The molecule has 0 saturated carbocycles. The summed E-state index contributed by atoms with van der Waals surface area (Å²) in [5.41, 5.74) is 0. The van der Waals surface area contributed by atoms with E-state index in [0.29, 0.717) is 6.42 Å². The number of hydrogen-bond donors (Lipinski definition) is 6. The summed E-state index contributed by atoms with van der Waals surface area (Å²) in [7, 11) is 0. The number of aliphatic hydroxyl groups is 5. The number of amides is 1. The lowest BCUT2D eigenvalue weighted by molar-refractivity contribution is -0.302. The van der Waals surface area contributed by atoms with Crippen LogP contribution in [-0.2, 0) is 14.3 Å². The van der Waals surface area contributed by atoms with E-state index in [1.54, 1.807) is 6.08 Å². The molecule has 1 aliphatic heterocycles. The van der Waals surface area contributed by atoms with E-state index in [2.05, 4.69) is 43.5 Å². The largest absolute Gasteiger partial charge is 0.394 e. The second-order valence-electron chi connectivity index (χ2n) is 15.1. The molecule has 0 aliphatic carbocycles. The molecule has 53 heavy (non-hydrogen) atoms. The minimum Gasteiger partial charge on any atom is -0.394 e. The van der Waals surface area contributed by atoms with Crippen LogP contribution in [0.15, 0.2) is 36.5 Å². The van der Waals surface area contributed by atoms with Crippen molar-refractivity contribution in [2.45, 2.75) is 224 Å². The Morgan fingerprint density at radius 3 is 1.58 bits per heavy atom. The lowest BCUT2D eigenvalue weighted by Crippen LogP contribution is -2.60. The standard InChI is InChI=1S/C44H81NO8/c1-3-5-7-9-11-13-14-15-16-17-18-19-20-21-22-23-24-26-27-29-31-33-38(47)37(36-52-44-43(51)42(50)41(49)39(35-46)53-44)45-40(48)34-32-30-28-25-12-10-8-6-4-2/h20-21,24,26,31,33,37-39,41-44,46-47,49-51H,3-19,22-23,25,27-30,32,34-36H2,1-2H3,(H,45,48)/b21-20+,26-24+,33-31+. The SMILES string of the molecule is CCCCCCCCCCCCC/C=C/CC/C=C/CC/C=C/C(O)C(COC1OC(CO)C(O)C(O)C1O)NC(=O)CCCCCCCCCCC. The van der Waals surface area contributed by atoms with E-state index in [4.69, 9.17) is 9.47 Å². The molecule has 7 atom stereocenters. The van der Waals surface area contributed by atoms with Crippen LogP contribution in [0.4, 0.5) is 0 Å². The van der Waals surface area contributed by atoms with Gasteiger partial charge in [-0.2, -0.15) is 0 Å². The molecule has 1 aliphatic rings. The van der Waals surface area contributed by atoms with Gasteiger partial charge in [0.2, 0.25) is 5.91 Å². The van der Waals surface area contributed by atoms with Crippen LogP contribution in [0.2, 0.25) is 0 Å². The van der Waals surface area contributed by atoms with Crippen molar-refractivity contribution in [3.63, 3.8) is 0 Å². The fourth-order valence-corrected chi connectivity index (χ4v) is 6.66. The van der Waals surface area contributed by atoms with Gasteiger partial charge >= 0.3 is 0 Å². The molecule has 0 aromatic carbocycles. The third-order valence-electron chi connectivity index (χ3n) is 10.2. The topological polar surface area (TPSA) is 149 Å². The summed E-state index contributed by atoms with van der Waals surface area (Å²) >= 11 is 0. The molecule has 1 heterocycles. The highest BCUT2D eigenvalue weighted by molar-refractivity contribution is 5.76. The Kier molecular flexibility index (Phi) is 32.5. The van der Waals surface area contributed by atoms with E-state index in [1.807, 2.05) is 6.08 Å². The number of unbranched alkanes of at least 4 members (excludes halogenated alkanes) is 21. The normalized spacial score (nSPS) is 22.0. The van der Waals surface area contributed by atoms with Gasteiger partial charge < -0.3 is 40.3 Å². The van der Waals surface area contributed by atoms with E-state index in [-0.39, 0.29) is 12.5 Å². The van der Waals surface area contributed by atoms with Crippen molar-refractivity contribution in [3.05, 3.63) is 36.5 Å². The first-order chi connectivity index (χ1) is 25.8. The molecule has 7 unspecified atom stereocenters. The van der Waals surface area contributed by atoms with Gasteiger partial charge in [0.1, 0.15) is 24.4 Å². The van der Waals surface area contributed by atoms with Gasteiger partial charge in [-0.3, -0.25) is 4.79 Å². The zero-order chi connectivity index (χ0) is 38.8. The van der Waals surface area contributed by atoms with Crippen molar-refractivity contribution in [1.29, 1.82) is 0 Å². The van der Waals surface area contributed by atoms with E-state index >= 15 is 0 Å². The number of rotatable bonds is 35. The number of aliphatic hydroxyl groups excluding tert-OH is 5. The summed E-state index contributed by atoms with van der Waals surface area (Å²) < 4.78 is 11.1. The Morgan fingerprint density at radius 2 is 1.08 bits per heavy atom. The molecule has 1 fully saturated rings. The van der Waals surface area contributed by atoms with Gasteiger partial charge in [0.05, 0.1) is 25.4 Å². The molecule has 0 aromatic rings. The number of carbonyl (C=O) groups is 1. The maximum atomic E-state index is 12.8. The lowest BCUT2D eigenvalue weighted by atomic mass is 9.99. The van der Waals surface area contributed by atoms with Gasteiger partial charge in [0, 0.05) is 6.42 Å². The molecule has 0 radical (unpaired) electrons. The molecule has 0 spiro atoms. The van der Waals surface area contributed by atoms with Crippen molar-refractivity contribution >= 4 is 5.91 Å². The average Bonchev–Trinajstić information content (AvgIpc) is 3.16. The highest BCUT2D eigenvalue weighted by Crippen LogP contribution is 2.22. The van der Waals surface area contributed by atoms with Gasteiger partial charge in [0.25, 0.3) is 0 Å². The molecule has 0 bridgehead atoms. The summed E-state index contributed by atoms with van der Waals surface area (Å²) in [4.78, 5) is 12.8. The number of hydrogen-bond acceptors (Lipinski definition) is 8. The number of ether oxygens (including phenoxy) is 2. The Morgan fingerprint density at radius 1 is 0.623 bits per heavy atom. The molecule has 9 nitrogen and oxygen atoms in total. The molecule has 1 amide bonds. The van der Waals surface area contributed by atoms with E-state index in [0.717, 1.165) is 44.9 Å². The van der Waals surface area contributed by atoms with Crippen molar-refractivity contribution < 1.29 is 39.8 Å². The van der Waals surface area contributed by atoms with Crippen LogP contribution in [0.25, 0.3) is 0 Å². The summed E-state index contributed by atoms with van der Waals surface area (Å²) in [6, 6.07) is -0.822. The van der Waals surface area contributed by atoms with Crippen molar-refractivity contribution in [1.82, 2.24) is 5.32 Å². The summed E-state index contributed by atoms with van der Waals surface area (Å²) in [5, 5.41) is 53.9. The fourth-order valence-electron chi connectivity index (χ4n) is 6.66. The predicted molar refractivity (Wildman–Crippen MR) is 216 cm³/mol. The Balaban J connectivity index is 2.38. The van der Waals surface area contributed by atoms with Gasteiger partial charge in [0.15, 0.2) is 6.29 Å². The number of carbonyl (C=O) groups excluding carboxylic acids is 1. The monoisotopic (exact) mass is 752 g/mol. The van der Waals surface area contributed by atoms with Crippen molar-refractivity contribution in [2.24, 2.45) is 0 Å². The molecule has 1 rings (SSSR count). The Bertz CT molecular complexity index is 925. The second kappa shape index (κ2) is 34.9. The van der Waals surface area contributed by atoms with Gasteiger partial charge in [-0.15, -0.1) is 0 Å². The third-order valence-corrected chi connectivity index (χ3v) is 10.2. The third kappa shape index (κ3) is 26.0. The number of allylic oxidation sites excluding steroid dienone is 5. The molecule has 1 saturated heterocycles. The highest BCUT2D eigenvalue weighted by atomic mass is 16.7. The molecular weight excluding hydrogens is 670 g/mol. The van der Waals surface area contributed by atoms with Gasteiger partial charge in [-0.05, 0) is 44.9 Å². The van der Waals surface area contributed by atoms with Gasteiger partial charge in [-0.25, -0.2) is 0 Å². The van der Waals surface area contributed by atoms with Crippen LogP contribution in [0.1, 0.15) is 181 Å². The maximum Gasteiger partial charge on any atom is 0.220 e. The summed E-state index contributed by atoms with van der Waals surface area (Å²) in [6.07, 6.45) is 34.9. The Labute approximate surface area is 323 Å². The predicted octanol–water partition coefficient (Wildman–Crippen LogP) is 8.50. The van der Waals surface area contributed by atoms with Crippen LogP contribution in [-0.4, -0.2) is 87.5 Å². The minimum absolute atomic E-state index is 0.196. The van der Waals surface area contributed by atoms with Crippen LogP contribution >= 0.6 is 0 Å². The smallest absolute Gasteiger partial charge is 0.220 e. The first kappa shape index (κ1) is 49.4. The molecule has 0 aromatic heterocycles. The van der Waals surface area contributed by atoms with Crippen LogP contribution in [0.3, 0.4) is 0 Å². The lowest BCUT2D eigenvalue weighted by Gasteiger charge is -2.40. The summed E-state index contributed by atoms with van der Waals surface area (Å²) in [6.45, 7) is 3.71. The first-order valence-corrected chi connectivity index (χ1v) is 21.7. The zero-order valence-electron chi connectivity index (χ0n) is 33.8. The minimum atomic E-state index is -1.57. The van der Waals surface area contributed by atoms with E-state index in [9.17, 15) is 30.3 Å². The fraction of sp³-hybridized carbons (Fsp3) is 0.841. The highest BCUT2D eigenvalue weighted by Gasteiger charge is 2.44. The van der Waals surface area contributed by atoms with Crippen LogP contribution in [0, 0.1) is 0 Å². The van der Waals surface area contributed by atoms with Crippen LogP contribution < -0.4 is 5.32 Å². The molecule has 6 N–H and O–H groups in total.